The topological polar surface area (TPSA) is 55.9 Å². The van der Waals surface area contributed by atoms with Crippen molar-refractivity contribution in [1.82, 2.24) is 15.2 Å². The van der Waals surface area contributed by atoms with E-state index in [2.05, 4.69) is 40.3 Å². The molecule has 1 aromatic heterocycles. The highest BCUT2D eigenvalue weighted by Gasteiger charge is 2.18. The van der Waals surface area contributed by atoms with Gasteiger partial charge >= 0.3 is 0 Å². The van der Waals surface area contributed by atoms with Crippen LogP contribution in [0, 0.1) is 5.82 Å². The molecular formula is C15H20BrFN4. The quantitative estimate of drug-likeness (QED) is 0.616. The number of nitrogens with zero attached hydrogens (tertiary/aromatic N) is 2. The van der Waals surface area contributed by atoms with E-state index in [-0.39, 0.29) is 11.9 Å². The minimum absolute atomic E-state index is 0.290. The lowest BCUT2D eigenvalue weighted by Gasteiger charge is -2.16. The Bertz CT molecular complexity index is 599. The molecule has 3 N–H and O–H groups in total. The summed E-state index contributed by atoms with van der Waals surface area (Å²) in [7, 11) is 0. The lowest BCUT2D eigenvalue weighted by atomic mass is 10.0. The molecule has 114 valence electrons. The average Bonchev–Trinajstić information content (AvgIpc) is 2.95. The first-order valence-corrected chi connectivity index (χ1v) is 7.80. The van der Waals surface area contributed by atoms with Gasteiger partial charge in [-0.3, -0.25) is 16.0 Å². The van der Waals surface area contributed by atoms with Gasteiger partial charge in [-0.15, -0.1) is 0 Å². The van der Waals surface area contributed by atoms with Crippen LogP contribution in [0.3, 0.4) is 0 Å². The van der Waals surface area contributed by atoms with Crippen LogP contribution in [0.5, 0.6) is 0 Å². The van der Waals surface area contributed by atoms with E-state index in [0.717, 1.165) is 12.1 Å². The third kappa shape index (κ3) is 3.70. The monoisotopic (exact) mass is 354 g/mol. The molecule has 0 amide bonds. The number of rotatable bonds is 6. The van der Waals surface area contributed by atoms with Crippen molar-refractivity contribution in [2.24, 2.45) is 5.84 Å². The van der Waals surface area contributed by atoms with Gasteiger partial charge < -0.3 is 0 Å². The lowest BCUT2D eigenvalue weighted by molar-refractivity contribution is 0.463. The summed E-state index contributed by atoms with van der Waals surface area (Å²) >= 11 is 3.20. The van der Waals surface area contributed by atoms with Crippen molar-refractivity contribution in [3.63, 3.8) is 0 Å². The molecule has 2 rings (SSSR count). The predicted molar refractivity (Wildman–Crippen MR) is 85.1 cm³/mol. The molecule has 0 spiro atoms. The molecule has 2 atom stereocenters. The summed E-state index contributed by atoms with van der Waals surface area (Å²) in [5.74, 6) is 5.31. The molecule has 0 saturated carbocycles. The van der Waals surface area contributed by atoms with Gasteiger partial charge in [0, 0.05) is 24.2 Å². The molecule has 0 aliphatic heterocycles. The summed E-state index contributed by atoms with van der Waals surface area (Å²) in [4.78, 5) is 0. The first kappa shape index (κ1) is 16.1. The molecule has 1 heterocycles. The van der Waals surface area contributed by atoms with Crippen molar-refractivity contribution in [1.29, 1.82) is 0 Å². The number of aromatic nitrogens is 2. The van der Waals surface area contributed by atoms with Gasteiger partial charge in [0.2, 0.25) is 0 Å². The molecule has 0 bridgehead atoms. The Morgan fingerprint density at radius 1 is 1.43 bits per heavy atom. The standard InChI is InChI=1S/C15H20BrFN4/c1-3-10(2)21-8-7-11(20-21)9-14(19-18)12-5-4-6-13(16)15(12)17/h4-8,10,14,19H,3,9,18H2,1-2H3. The van der Waals surface area contributed by atoms with Crippen LogP contribution in [0.2, 0.25) is 0 Å². The second-order valence-corrected chi connectivity index (χ2v) is 5.97. The summed E-state index contributed by atoms with van der Waals surface area (Å²) in [6, 6.07) is 7.19. The van der Waals surface area contributed by atoms with E-state index in [0.29, 0.717) is 22.5 Å². The van der Waals surface area contributed by atoms with Crippen LogP contribution in [0.1, 0.15) is 43.6 Å². The first-order chi connectivity index (χ1) is 10.1. The van der Waals surface area contributed by atoms with Crippen LogP contribution in [0.25, 0.3) is 0 Å². The molecule has 0 aliphatic carbocycles. The third-order valence-corrected chi connectivity index (χ3v) is 4.29. The Labute approximate surface area is 132 Å². The van der Waals surface area contributed by atoms with E-state index in [1.165, 1.54) is 0 Å². The number of nitrogens with one attached hydrogen (secondary N) is 1. The van der Waals surface area contributed by atoms with Crippen LogP contribution in [0.4, 0.5) is 4.39 Å². The van der Waals surface area contributed by atoms with Crippen molar-refractivity contribution >= 4 is 15.9 Å². The minimum atomic E-state index is -0.317. The Morgan fingerprint density at radius 3 is 2.86 bits per heavy atom. The molecular weight excluding hydrogens is 335 g/mol. The molecule has 4 nitrogen and oxygen atoms in total. The molecule has 6 heteroatoms. The van der Waals surface area contributed by atoms with Gasteiger partial charge in [0.1, 0.15) is 5.82 Å². The summed E-state index contributed by atoms with van der Waals surface area (Å²) in [5, 5.41) is 4.53. The maximum absolute atomic E-state index is 14.2. The van der Waals surface area contributed by atoms with Crippen molar-refractivity contribution < 1.29 is 4.39 Å². The molecule has 1 aromatic carbocycles. The smallest absolute Gasteiger partial charge is 0.142 e. The van der Waals surface area contributed by atoms with E-state index in [4.69, 9.17) is 5.84 Å². The summed E-state index contributed by atoms with van der Waals surface area (Å²) in [6.45, 7) is 4.23. The van der Waals surface area contributed by atoms with Gasteiger partial charge in [-0.25, -0.2) is 4.39 Å². The van der Waals surface area contributed by atoms with E-state index in [1.807, 2.05) is 16.9 Å². The molecule has 0 radical (unpaired) electrons. The number of nitrogens with two attached hydrogens (primary N) is 1. The van der Waals surface area contributed by atoms with Crippen LogP contribution in [-0.4, -0.2) is 9.78 Å². The fourth-order valence-electron chi connectivity index (χ4n) is 2.18. The maximum Gasteiger partial charge on any atom is 0.142 e. The molecule has 21 heavy (non-hydrogen) atoms. The zero-order valence-electron chi connectivity index (χ0n) is 12.2. The van der Waals surface area contributed by atoms with Gasteiger partial charge in [0.05, 0.1) is 16.2 Å². The second kappa shape index (κ2) is 7.15. The Balaban J connectivity index is 2.19. The van der Waals surface area contributed by atoms with Gasteiger partial charge in [0.15, 0.2) is 0 Å². The van der Waals surface area contributed by atoms with Crippen molar-refractivity contribution in [2.75, 3.05) is 0 Å². The predicted octanol–water partition coefficient (Wildman–Crippen LogP) is 3.50. The Morgan fingerprint density at radius 2 is 2.19 bits per heavy atom. The zero-order valence-corrected chi connectivity index (χ0v) is 13.8. The van der Waals surface area contributed by atoms with Gasteiger partial charge in [0.25, 0.3) is 0 Å². The van der Waals surface area contributed by atoms with Gasteiger partial charge in [-0.2, -0.15) is 5.10 Å². The van der Waals surface area contributed by atoms with Gasteiger partial charge in [-0.05, 0) is 41.4 Å². The maximum atomic E-state index is 14.2. The normalized spacial score (nSPS) is 14.1. The van der Waals surface area contributed by atoms with Crippen LogP contribution in [0.15, 0.2) is 34.9 Å². The van der Waals surface area contributed by atoms with Crippen LogP contribution in [-0.2, 0) is 6.42 Å². The summed E-state index contributed by atoms with van der Waals surface area (Å²) in [5.41, 5.74) is 4.10. The number of halogens is 2. The largest absolute Gasteiger partial charge is 0.271 e. The highest BCUT2D eigenvalue weighted by molar-refractivity contribution is 9.10. The molecule has 0 saturated heterocycles. The van der Waals surface area contributed by atoms with E-state index in [1.54, 1.807) is 18.2 Å². The summed E-state index contributed by atoms with van der Waals surface area (Å²) in [6.07, 6.45) is 3.50. The zero-order chi connectivity index (χ0) is 15.4. The van der Waals surface area contributed by atoms with Crippen molar-refractivity contribution in [3.05, 3.63) is 52.0 Å². The van der Waals surface area contributed by atoms with Crippen molar-refractivity contribution in [3.8, 4) is 0 Å². The molecule has 0 fully saturated rings. The van der Waals surface area contributed by atoms with E-state index >= 15 is 0 Å². The summed E-state index contributed by atoms with van der Waals surface area (Å²) < 4.78 is 16.5. The number of hydrogen-bond donors (Lipinski definition) is 2. The molecule has 2 aromatic rings. The Kier molecular flexibility index (Phi) is 5.50. The number of benzene rings is 1. The highest BCUT2D eigenvalue weighted by Crippen LogP contribution is 2.25. The Hall–Kier alpha value is -1.24. The molecule has 2 unspecified atom stereocenters. The fourth-order valence-corrected chi connectivity index (χ4v) is 2.56. The number of hydrogen-bond acceptors (Lipinski definition) is 3. The van der Waals surface area contributed by atoms with Gasteiger partial charge in [-0.1, -0.05) is 19.1 Å². The first-order valence-electron chi connectivity index (χ1n) is 7.00. The average molecular weight is 355 g/mol. The van der Waals surface area contributed by atoms with Crippen LogP contribution >= 0.6 is 15.9 Å². The molecule has 0 aliphatic rings. The minimum Gasteiger partial charge on any atom is -0.271 e. The fraction of sp³-hybridized carbons (Fsp3) is 0.400. The van der Waals surface area contributed by atoms with Crippen molar-refractivity contribution in [2.45, 2.75) is 38.8 Å². The lowest BCUT2D eigenvalue weighted by Crippen LogP contribution is -2.30. The second-order valence-electron chi connectivity index (χ2n) is 5.11. The van der Waals surface area contributed by atoms with Crippen LogP contribution < -0.4 is 11.3 Å². The number of hydrazine groups is 1. The van der Waals surface area contributed by atoms with E-state index < -0.39 is 0 Å². The SMILES string of the molecule is CCC(C)n1ccc(CC(NN)c2cccc(Br)c2F)n1. The van der Waals surface area contributed by atoms with E-state index in [9.17, 15) is 4.39 Å². The third-order valence-electron chi connectivity index (χ3n) is 3.68. The highest BCUT2D eigenvalue weighted by atomic mass is 79.9.